The van der Waals surface area contributed by atoms with Crippen LogP contribution < -0.4 is 18.9 Å². The van der Waals surface area contributed by atoms with Crippen LogP contribution in [-0.4, -0.2) is 37.1 Å². The third-order valence-electron chi connectivity index (χ3n) is 7.38. The summed E-state index contributed by atoms with van der Waals surface area (Å²) in [5, 5.41) is 1.56. The van der Waals surface area contributed by atoms with Gasteiger partial charge in [-0.15, -0.1) is 0 Å². The number of hydrogen-bond acceptors (Lipinski definition) is 9. The first-order valence-electron chi connectivity index (χ1n) is 16.2. The van der Waals surface area contributed by atoms with E-state index < -0.39 is 23.9 Å². The van der Waals surface area contributed by atoms with Crippen molar-refractivity contribution >= 4 is 34.6 Å². The Kier molecular flexibility index (Phi) is 13.3. The number of fused-ring (bicyclic) bond motifs is 1. The summed E-state index contributed by atoms with van der Waals surface area (Å²) < 4.78 is 27.4. The Bertz CT molecular complexity index is 1820. The molecule has 0 heterocycles. The molecule has 0 unspecified atom stereocenters. The lowest BCUT2D eigenvalue weighted by Gasteiger charge is -2.13. The zero-order valence-electron chi connectivity index (χ0n) is 27.8. The quantitative estimate of drug-likeness (QED) is 0.0475. The molecule has 0 amide bonds. The highest BCUT2D eigenvalue weighted by Gasteiger charge is 2.16. The summed E-state index contributed by atoms with van der Waals surface area (Å²) in [4.78, 5) is 48.9. The molecular weight excluding hydrogens is 624 g/mol. The molecule has 0 spiro atoms. The number of benzene rings is 4. The zero-order chi connectivity index (χ0) is 35.2. The Morgan fingerprint density at radius 2 is 1.29 bits per heavy atom. The number of hydrogen-bond donors (Lipinski definition) is 0. The van der Waals surface area contributed by atoms with E-state index in [1.165, 1.54) is 0 Å². The van der Waals surface area contributed by atoms with E-state index in [0.717, 1.165) is 54.5 Å². The van der Waals surface area contributed by atoms with Crippen LogP contribution in [0.3, 0.4) is 0 Å². The molecule has 0 atom stereocenters. The average molecular weight is 665 g/mol. The first-order chi connectivity index (χ1) is 23.7. The molecule has 0 saturated heterocycles. The molecule has 4 aromatic carbocycles. The Morgan fingerprint density at radius 3 is 2.00 bits per heavy atom. The molecule has 0 saturated carbocycles. The van der Waals surface area contributed by atoms with E-state index in [2.05, 4.69) is 13.2 Å². The van der Waals surface area contributed by atoms with Crippen molar-refractivity contribution in [2.75, 3.05) is 13.2 Å². The number of carbonyl (C=O) groups is 4. The molecule has 49 heavy (non-hydrogen) atoms. The van der Waals surface area contributed by atoms with E-state index in [4.69, 9.17) is 23.7 Å². The van der Waals surface area contributed by atoms with Gasteiger partial charge in [0.15, 0.2) is 0 Å². The zero-order valence-corrected chi connectivity index (χ0v) is 27.8. The number of unbranched alkanes of at least 4 members (excludes halogenated alkanes) is 3. The van der Waals surface area contributed by atoms with Crippen LogP contribution >= 0.6 is 0 Å². The van der Waals surface area contributed by atoms with E-state index >= 15 is 0 Å². The van der Waals surface area contributed by atoms with E-state index in [9.17, 15) is 19.2 Å². The van der Waals surface area contributed by atoms with Crippen molar-refractivity contribution in [2.45, 2.75) is 52.4 Å². The minimum absolute atomic E-state index is 0.298. The summed E-state index contributed by atoms with van der Waals surface area (Å²) >= 11 is 0. The molecule has 0 radical (unpaired) electrons. The van der Waals surface area contributed by atoms with Gasteiger partial charge in [-0.3, -0.25) is 0 Å². The van der Waals surface area contributed by atoms with Gasteiger partial charge in [-0.2, -0.15) is 0 Å². The molecule has 0 aromatic heterocycles. The van der Waals surface area contributed by atoms with Gasteiger partial charge >= 0.3 is 23.9 Å². The third kappa shape index (κ3) is 10.9. The second kappa shape index (κ2) is 18.0. The van der Waals surface area contributed by atoms with E-state index in [-0.39, 0.29) is 0 Å². The highest BCUT2D eigenvalue weighted by molar-refractivity contribution is 5.97. The Balaban J connectivity index is 1.30. The van der Waals surface area contributed by atoms with Crippen LogP contribution in [0, 0.1) is 0 Å². The van der Waals surface area contributed by atoms with Crippen LogP contribution in [0.2, 0.25) is 0 Å². The van der Waals surface area contributed by atoms with Crippen molar-refractivity contribution < 1.29 is 42.9 Å². The van der Waals surface area contributed by atoms with Crippen LogP contribution in [-0.2, 0) is 20.7 Å². The third-order valence-corrected chi connectivity index (χ3v) is 7.38. The van der Waals surface area contributed by atoms with Crippen molar-refractivity contribution in [3.05, 3.63) is 120 Å². The Morgan fingerprint density at radius 1 is 0.673 bits per heavy atom. The van der Waals surface area contributed by atoms with Gasteiger partial charge in [-0.25, -0.2) is 19.2 Å². The van der Waals surface area contributed by atoms with Gasteiger partial charge in [-0.1, -0.05) is 38.6 Å². The summed E-state index contributed by atoms with van der Waals surface area (Å²) in [6.45, 7) is 11.4. The maximum absolute atomic E-state index is 13.1. The predicted molar refractivity (Wildman–Crippen MR) is 186 cm³/mol. The second-order valence-electron chi connectivity index (χ2n) is 11.4. The normalized spacial score (nSPS) is 10.6. The standard InChI is InChI=1S/C40H40O9/c1-5-11-31-26-35(48-39(43)28-14-17-33(18-15-28)45-22-9-7-8-10-23-46-37(41)6-2)20-21-36(31)49-40(44)32-13-12-30-25-34(19-16-29(30)24-32)47-38(42)27(3)4/h6,12-21,24-26H,2-3,5,7-11,22-23H2,1,4H3. The number of ether oxygens (including phenoxy) is 5. The highest BCUT2D eigenvalue weighted by Crippen LogP contribution is 2.28. The molecule has 4 rings (SSSR count). The second-order valence-corrected chi connectivity index (χ2v) is 11.4. The van der Waals surface area contributed by atoms with Gasteiger partial charge in [0.05, 0.1) is 24.3 Å². The Hall–Kier alpha value is -5.70. The predicted octanol–water partition coefficient (Wildman–Crippen LogP) is 8.38. The summed E-state index contributed by atoms with van der Waals surface area (Å²) in [5.41, 5.74) is 1.75. The molecule has 254 valence electrons. The number of carbonyl (C=O) groups excluding carboxylic acids is 4. The molecule has 4 aromatic rings. The lowest BCUT2D eigenvalue weighted by atomic mass is 10.1. The molecule has 0 bridgehead atoms. The summed E-state index contributed by atoms with van der Waals surface area (Å²) in [6.07, 6.45) is 6.04. The van der Waals surface area contributed by atoms with Crippen LogP contribution in [0.5, 0.6) is 23.0 Å². The lowest BCUT2D eigenvalue weighted by Crippen LogP contribution is -2.11. The van der Waals surface area contributed by atoms with E-state index in [1.54, 1.807) is 85.8 Å². The first kappa shape index (κ1) is 36.1. The molecule has 0 aliphatic rings. The van der Waals surface area contributed by atoms with Crippen molar-refractivity contribution in [1.82, 2.24) is 0 Å². The van der Waals surface area contributed by atoms with Crippen molar-refractivity contribution in [1.29, 1.82) is 0 Å². The fourth-order valence-corrected chi connectivity index (χ4v) is 4.78. The molecule has 0 fully saturated rings. The monoisotopic (exact) mass is 664 g/mol. The van der Waals surface area contributed by atoms with Crippen LogP contribution in [0.15, 0.2) is 104 Å². The number of rotatable bonds is 17. The molecule has 9 heteroatoms. The molecule has 0 aliphatic heterocycles. The highest BCUT2D eigenvalue weighted by atomic mass is 16.5. The topological polar surface area (TPSA) is 114 Å². The van der Waals surface area contributed by atoms with Crippen molar-refractivity contribution in [3.63, 3.8) is 0 Å². The number of aryl methyl sites for hydroxylation is 1. The number of esters is 4. The molecule has 0 aliphatic carbocycles. The maximum atomic E-state index is 13.1. The Labute approximate surface area is 286 Å². The van der Waals surface area contributed by atoms with Crippen LogP contribution in [0.1, 0.15) is 72.2 Å². The molecular formula is C40H40O9. The summed E-state index contributed by atoms with van der Waals surface area (Å²) in [7, 11) is 0. The fourth-order valence-electron chi connectivity index (χ4n) is 4.78. The largest absolute Gasteiger partial charge is 0.494 e. The van der Waals surface area contributed by atoms with E-state index in [0.29, 0.717) is 59.3 Å². The average Bonchev–Trinajstić information content (AvgIpc) is 3.10. The van der Waals surface area contributed by atoms with E-state index in [1.807, 2.05) is 6.92 Å². The van der Waals surface area contributed by atoms with Crippen molar-refractivity contribution in [2.24, 2.45) is 0 Å². The van der Waals surface area contributed by atoms with Crippen molar-refractivity contribution in [3.8, 4) is 23.0 Å². The minimum atomic E-state index is -0.532. The van der Waals surface area contributed by atoms with Gasteiger partial charge in [-0.05, 0) is 122 Å². The van der Waals surface area contributed by atoms with Gasteiger partial charge in [0.25, 0.3) is 0 Å². The van der Waals surface area contributed by atoms with Gasteiger partial charge in [0.1, 0.15) is 23.0 Å². The maximum Gasteiger partial charge on any atom is 0.343 e. The van der Waals surface area contributed by atoms with Gasteiger partial charge in [0, 0.05) is 11.6 Å². The molecule has 9 nitrogen and oxygen atoms in total. The minimum Gasteiger partial charge on any atom is -0.494 e. The summed E-state index contributed by atoms with van der Waals surface area (Å²) in [6, 6.07) is 21.9. The van der Waals surface area contributed by atoms with Crippen LogP contribution in [0.4, 0.5) is 0 Å². The lowest BCUT2D eigenvalue weighted by molar-refractivity contribution is -0.137. The summed E-state index contributed by atoms with van der Waals surface area (Å²) in [5.74, 6) is -0.226. The fraction of sp³-hybridized carbons (Fsp3) is 0.250. The first-order valence-corrected chi connectivity index (χ1v) is 16.2. The van der Waals surface area contributed by atoms with Crippen LogP contribution in [0.25, 0.3) is 10.8 Å². The van der Waals surface area contributed by atoms with Gasteiger partial charge < -0.3 is 23.7 Å². The molecule has 0 N–H and O–H groups in total. The smallest absolute Gasteiger partial charge is 0.343 e. The SMILES string of the molecule is C=CC(=O)OCCCCCCOc1ccc(C(=O)Oc2ccc(OC(=O)c3ccc4cc(OC(=O)C(=C)C)ccc4c3)c(CCC)c2)cc1. The van der Waals surface area contributed by atoms with Gasteiger partial charge in [0.2, 0.25) is 0 Å².